The molecule has 4 atom stereocenters. The lowest BCUT2D eigenvalue weighted by Gasteiger charge is -2.31. The van der Waals surface area contributed by atoms with Crippen LogP contribution < -0.4 is 11.4 Å². The Kier molecular flexibility index (Phi) is 3.74. The van der Waals surface area contributed by atoms with Crippen molar-refractivity contribution >= 4 is 16.1 Å². The fraction of sp³-hybridized carbons (Fsp3) is 0.600. The summed E-state index contributed by atoms with van der Waals surface area (Å²) in [6.07, 6.45) is -1.11. The van der Waals surface area contributed by atoms with Gasteiger partial charge in [-0.3, -0.25) is 4.57 Å². The number of nitrogen functional groups attached to an aromatic ring is 1. The van der Waals surface area contributed by atoms with E-state index in [-0.39, 0.29) is 12.4 Å². The van der Waals surface area contributed by atoms with Crippen LogP contribution in [0.5, 0.6) is 0 Å². The number of anilines is 1. The van der Waals surface area contributed by atoms with Crippen LogP contribution in [0.1, 0.15) is 0 Å². The third-order valence-electron chi connectivity index (χ3n) is 3.35. The quantitative estimate of drug-likeness (QED) is 0.495. The number of hydrogen-bond acceptors (Lipinski definition) is 7. The van der Waals surface area contributed by atoms with Crippen LogP contribution in [0.15, 0.2) is 17.1 Å². The molecule has 0 unspecified atom stereocenters. The summed E-state index contributed by atoms with van der Waals surface area (Å²) >= 11 is 0. The molecule has 2 rings (SSSR count). The second-order valence-corrected chi connectivity index (χ2v) is 5.98. The van der Waals surface area contributed by atoms with Gasteiger partial charge in [-0.05, 0) is 6.07 Å². The molecule has 1 saturated heterocycles. The van der Waals surface area contributed by atoms with Gasteiger partial charge < -0.3 is 25.4 Å². The Morgan fingerprint density at radius 1 is 1.74 bits per heavy atom. The van der Waals surface area contributed by atoms with E-state index in [0.29, 0.717) is 10.2 Å². The summed E-state index contributed by atoms with van der Waals surface area (Å²) in [5.74, 6) is 0.109. The highest BCUT2D eigenvalue weighted by atomic mass is 28.1. The summed E-state index contributed by atoms with van der Waals surface area (Å²) in [6, 6.07) is 1.47. The van der Waals surface area contributed by atoms with Gasteiger partial charge in [0.2, 0.25) is 0 Å². The maximum atomic E-state index is 11.9. The van der Waals surface area contributed by atoms with Crippen molar-refractivity contribution in [1.82, 2.24) is 9.55 Å². The molecule has 4 N–H and O–H groups in total. The number of rotatable bonds is 3. The molecule has 0 aliphatic carbocycles. The summed E-state index contributed by atoms with van der Waals surface area (Å²) in [4.78, 5) is 15.5. The van der Waals surface area contributed by atoms with Gasteiger partial charge in [-0.1, -0.05) is 0 Å². The Balaban J connectivity index is 2.49. The SMILES string of the molecule is CO[C@@H]1[C@H](O)[C@@H](CO)O[C@@]1([SiH3])n1ccc(N)nc1=O. The van der Waals surface area contributed by atoms with Crippen molar-refractivity contribution in [3.63, 3.8) is 0 Å². The molecular formula is C10H17N3O5Si. The van der Waals surface area contributed by atoms with Crippen molar-refractivity contribution in [1.29, 1.82) is 0 Å². The van der Waals surface area contributed by atoms with Crippen LogP contribution in [0.3, 0.4) is 0 Å². The monoisotopic (exact) mass is 287 g/mol. The zero-order valence-electron chi connectivity index (χ0n) is 10.7. The molecule has 1 aliphatic heterocycles. The molecule has 9 heteroatoms. The van der Waals surface area contributed by atoms with E-state index in [2.05, 4.69) is 4.98 Å². The first kappa shape index (κ1) is 14.2. The highest BCUT2D eigenvalue weighted by Crippen LogP contribution is 2.33. The molecule has 1 aromatic rings. The van der Waals surface area contributed by atoms with E-state index in [0.717, 1.165) is 0 Å². The summed E-state index contributed by atoms with van der Waals surface area (Å²) in [6.45, 7) is -0.359. The lowest BCUT2D eigenvalue weighted by Crippen LogP contribution is -2.51. The van der Waals surface area contributed by atoms with E-state index < -0.39 is 29.3 Å². The highest BCUT2D eigenvalue weighted by molar-refractivity contribution is 6.13. The number of aromatic nitrogens is 2. The first-order valence-electron chi connectivity index (χ1n) is 5.79. The van der Waals surface area contributed by atoms with Crippen molar-refractivity contribution in [3.8, 4) is 0 Å². The third kappa shape index (κ3) is 2.19. The average molecular weight is 287 g/mol. The molecule has 0 spiro atoms. The fourth-order valence-electron chi connectivity index (χ4n) is 2.41. The van der Waals surface area contributed by atoms with Crippen molar-refractivity contribution in [2.24, 2.45) is 0 Å². The van der Waals surface area contributed by atoms with E-state index in [4.69, 9.17) is 15.2 Å². The molecule has 0 amide bonds. The largest absolute Gasteiger partial charge is 0.394 e. The molecule has 0 aromatic carbocycles. The number of aliphatic hydroxyl groups excluding tert-OH is 2. The Morgan fingerprint density at radius 3 is 2.95 bits per heavy atom. The number of methoxy groups -OCH3 is 1. The Bertz CT molecular complexity index is 524. The van der Waals surface area contributed by atoms with Crippen molar-refractivity contribution in [2.45, 2.75) is 23.7 Å². The van der Waals surface area contributed by atoms with Gasteiger partial charge in [0, 0.05) is 13.3 Å². The minimum atomic E-state index is -1.13. The van der Waals surface area contributed by atoms with Gasteiger partial charge in [-0.25, -0.2) is 4.79 Å². The Hall–Kier alpha value is -1.26. The topological polar surface area (TPSA) is 120 Å². The lowest BCUT2D eigenvalue weighted by atomic mass is 10.1. The number of ether oxygens (including phenoxy) is 2. The molecule has 1 aromatic heterocycles. The van der Waals surface area contributed by atoms with Gasteiger partial charge in [0.25, 0.3) is 0 Å². The summed E-state index contributed by atoms with van der Waals surface area (Å²) in [7, 11) is 1.77. The Labute approximate surface area is 112 Å². The number of hydrogen-bond donors (Lipinski definition) is 3. The second-order valence-electron chi connectivity index (χ2n) is 4.55. The van der Waals surface area contributed by atoms with Crippen LogP contribution in [-0.4, -0.2) is 62.0 Å². The molecule has 0 saturated carbocycles. The summed E-state index contributed by atoms with van der Waals surface area (Å²) in [5.41, 5.74) is 4.86. The maximum Gasteiger partial charge on any atom is 0.351 e. The Morgan fingerprint density at radius 2 is 2.42 bits per heavy atom. The average Bonchev–Trinajstić information content (AvgIpc) is 2.60. The smallest absolute Gasteiger partial charge is 0.351 e. The zero-order valence-corrected chi connectivity index (χ0v) is 12.7. The molecule has 106 valence electrons. The van der Waals surface area contributed by atoms with E-state index in [9.17, 15) is 15.0 Å². The van der Waals surface area contributed by atoms with Crippen molar-refractivity contribution in [3.05, 3.63) is 22.7 Å². The minimum Gasteiger partial charge on any atom is -0.394 e. The van der Waals surface area contributed by atoms with Gasteiger partial charge in [0.05, 0.1) is 16.8 Å². The van der Waals surface area contributed by atoms with Gasteiger partial charge in [-0.2, -0.15) is 4.98 Å². The molecule has 0 radical (unpaired) electrons. The fourth-order valence-corrected chi connectivity index (χ4v) is 3.63. The third-order valence-corrected chi connectivity index (χ3v) is 4.63. The second kappa shape index (κ2) is 5.02. The standard InChI is InChI=1S/C10H17N3O5Si/c1-17-8-7(15)5(4-14)18-10(8,19)13-3-2-6(11)12-9(13)16/h2-3,5,7-8,14-15H,4H2,1,19H3,(H2,11,12,16)/t5-,7-,8-,10+/m1/s1. The molecule has 19 heavy (non-hydrogen) atoms. The molecule has 1 aliphatic rings. The first-order valence-corrected chi connectivity index (χ1v) is 6.79. The number of nitrogens with zero attached hydrogens (tertiary/aromatic N) is 2. The van der Waals surface area contributed by atoms with E-state index >= 15 is 0 Å². The van der Waals surface area contributed by atoms with Crippen LogP contribution >= 0.6 is 0 Å². The minimum absolute atomic E-state index is 0.109. The van der Waals surface area contributed by atoms with Gasteiger partial charge in [0.15, 0.2) is 5.35 Å². The predicted molar refractivity (Wildman–Crippen MR) is 69.6 cm³/mol. The lowest BCUT2D eigenvalue weighted by molar-refractivity contribution is -0.0974. The highest BCUT2D eigenvalue weighted by Gasteiger charge is 2.53. The predicted octanol–water partition coefficient (Wildman–Crippen LogP) is -3.43. The van der Waals surface area contributed by atoms with E-state index in [1.807, 2.05) is 0 Å². The van der Waals surface area contributed by atoms with Gasteiger partial charge in [-0.15, -0.1) is 0 Å². The molecule has 8 nitrogen and oxygen atoms in total. The number of nitrogens with two attached hydrogens (primary N) is 1. The maximum absolute atomic E-state index is 11.9. The van der Waals surface area contributed by atoms with Crippen LogP contribution in [0.25, 0.3) is 0 Å². The van der Waals surface area contributed by atoms with Gasteiger partial charge in [0.1, 0.15) is 24.1 Å². The number of aliphatic hydroxyl groups is 2. The summed E-state index contributed by atoms with van der Waals surface area (Å²) in [5, 5.41) is 18.1. The summed E-state index contributed by atoms with van der Waals surface area (Å²) < 4.78 is 12.1. The normalized spacial score (nSPS) is 34.8. The van der Waals surface area contributed by atoms with Crippen LogP contribution in [0.4, 0.5) is 5.82 Å². The van der Waals surface area contributed by atoms with E-state index in [1.165, 1.54) is 23.9 Å². The van der Waals surface area contributed by atoms with Crippen molar-refractivity contribution < 1.29 is 19.7 Å². The van der Waals surface area contributed by atoms with Crippen LogP contribution in [0, 0.1) is 0 Å². The van der Waals surface area contributed by atoms with Crippen LogP contribution in [-0.2, 0) is 14.8 Å². The van der Waals surface area contributed by atoms with Crippen molar-refractivity contribution in [2.75, 3.05) is 19.5 Å². The first-order chi connectivity index (χ1) is 8.93. The van der Waals surface area contributed by atoms with Gasteiger partial charge >= 0.3 is 5.69 Å². The molecular weight excluding hydrogens is 270 g/mol. The van der Waals surface area contributed by atoms with Crippen LogP contribution in [0.2, 0.25) is 0 Å². The zero-order chi connectivity index (χ0) is 14.2. The molecule has 0 bridgehead atoms. The molecule has 2 heterocycles. The molecule has 1 fully saturated rings. The van der Waals surface area contributed by atoms with E-state index in [1.54, 1.807) is 0 Å².